The summed E-state index contributed by atoms with van der Waals surface area (Å²) in [4.78, 5) is 16.7. The van der Waals surface area contributed by atoms with E-state index in [1.54, 1.807) is 6.92 Å². The lowest BCUT2D eigenvalue weighted by Crippen LogP contribution is -2.39. The number of pyridine rings is 1. The summed E-state index contributed by atoms with van der Waals surface area (Å²) in [7, 11) is 1.44. The Kier molecular flexibility index (Phi) is 11.6. The molecule has 2 rings (SSSR count). The summed E-state index contributed by atoms with van der Waals surface area (Å²) in [5, 5.41) is 13.1. The Labute approximate surface area is 207 Å². The van der Waals surface area contributed by atoms with Crippen LogP contribution in [0.2, 0.25) is 0 Å². The number of ether oxygens (including phenoxy) is 3. The van der Waals surface area contributed by atoms with E-state index >= 15 is 0 Å². The van der Waals surface area contributed by atoms with E-state index in [2.05, 4.69) is 24.1 Å². The van der Waals surface area contributed by atoms with Crippen molar-refractivity contribution < 1.29 is 24.1 Å². The van der Waals surface area contributed by atoms with Crippen molar-refractivity contribution in [1.82, 2.24) is 10.3 Å². The van der Waals surface area contributed by atoms with Crippen molar-refractivity contribution >= 4 is 23.2 Å². The summed E-state index contributed by atoms with van der Waals surface area (Å²) >= 11 is 5.30. The second kappa shape index (κ2) is 14.4. The summed E-state index contributed by atoms with van der Waals surface area (Å²) in [5.41, 5.74) is 0.154. The molecule has 0 aliphatic carbocycles. The van der Waals surface area contributed by atoms with Crippen molar-refractivity contribution in [3.63, 3.8) is 0 Å². The molecule has 186 valence electrons. The Hall–Kier alpha value is -2.87. The molecule has 0 saturated heterocycles. The zero-order chi connectivity index (χ0) is 24.9. The number of hydrogen-bond acceptors (Lipinski definition) is 7. The average Bonchev–Trinajstić information content (AvgIpc) is 2.82. The number of hydrogen-bond donors (Lipinski definition) is 2. The number of nitrogens with zero attached hydrogens (tertiary/aromatic N) is 1. The topological polar surface area (TPSA) is 89.9 Å². The molecule has 1 aromatic carbocycles. The molecule has 0 bridgehead atoms. The van der Waals surface area contributed by atoms with Crippen LogP contribution in [0.15, 0.2) is 42.6 Å². The van der Waals surface area contributed by atoms with E-state index in [1.165, 1.54) is 19.4 Å². The first-order valence-electron chi connectivity index (χ1n) is 11.8. The number of aromatic nitrogens is 1. The molecule has 8 heteroatoms. The molecule has 1 aromatic heterocycles. The lowest BCUT2D eigenvalue weighted by Gasteiger charge is -2.22. The third kappa shape index (κ3) is 8.82. The summed E-state index contributed by atoms with van der Waals surface area (Å²) in [6, 6.07) is 10.6. The van der Waals surface area contributed by atoms with Crippen LogP contribution in [0.1, 0.15) is 58.6 Å². The van der Waals surface area contributed by atoms with Crippen LogP contribution in [0.3, 0.4) is 0 Å². The second-order valence-electron chi connectivity index (χ2n) is 8.35. The van der Waals surface area contributed by atoms with Crippen LogP contribution in [0.4, 0.5) is 0 Å². The van der Waals surface area contributed by atoms with Gasteiger partial charge in [0.25, 0.3) is 0 Å². The fourth-order valence-corrected chi connectivity index (χ4v) is 3.99. The van der Waals surface area contributed by atoms with Crippen LogP contribution < -0.4 is 14.8 Å². The van der Waals surface area contributed by atoms with Crippen LogP contribution in [0.5, 0.6) is 17.2 Å². The molecule has 0 saturated carbocycles. The van der Waals surface area contributed by atoms with Crippen molar-refractivity contribution in [1.29, 1.82) is 0 Å². The van der Waals surface area contributed by atoms with Crippen LogP contribution in [-0.4, -0.2) is 46.9 Å². The van der Waals surface area contributed by atoms with E-state index in [9.17, 15) is 9.90 Å². The minimum atomic E-state index is -0.686. The predicted octanol–water partition coefficient (Wildman–Crippen LogP) is 5.05. The van der Waals surface area contributed by atoms with Gasteiger partial charge in [0.05, 0.1) is 19.8 Å². The van der Waals surface area contributed by atoms with Crippen molar-refractivity contribution in [3.05, 3.63) is 48.3 Å². The van der Waals surface area contributed by atoms with Crippen LogP contribution >= 0.6 is 12.2 Å². The molecule has 0 spiro atoms. The number of rotatable bonds is 14. The largest absolute Gasteiger partial charge is 0.503 e. The molecule has 0 amide bonds. The maximum atomic E-state index is 12.5. The van der Waals surface area contributed by atoms with Gasteiger partial charge in [-0.15, -0.1) is 0 Å². The normalized spacial score (nSPS) is 13.4. The maximum Gasteiger partial charge on any atom is 0.328 e. The van der Waals surface area contributed by atoms with Gasteiger partial charge in [-0.1, -0.05) is 56.6 Å². The van der Waals surface area contributed by atoms with Gasteiger partial charge in [0, 0.05) is 12.3 Å². The molecular formula is C26H36N2O5S. The first-order chi connectivity index (χ1) is 16.3. The van der Waals surface area contributed by atoms with E-state index < -0.39 is 12.0 Å². The molecule has 2 N–H and O–H groups in total. The van der Waals surface area contributed by atoms with E-state index in [0.29, 0.717) is 12.5 Å². The first kappa shape index (κ1) is 27.4. The SMILES string of the molecule is CCCCC(CCOC(=O)[C@H](C)NC(=S)c1nccc(OC)c1O)C[C@@H](C)Oc1ccccc1. The van der Waals surface area contributed by atoms with Crippen molar-refractivity contribution in [2.75, 3.05) is 13.7 Å². The van der Waals surface area contributed by atoms with Crippen LogP contribution in [-0.2, 0) is 9.53 Å². The minimum Gasteiger partial charge on any atom is -0.503 e. The van der Waals surface area contributed by atoms with Gasteiger partial charge in [0.15, 0.2) is 11.5 Å². The molecule has 1 heterocycles. The molecule has 0 radical (unpaired) electrons. The summed E-state index contributed by atoms with van der Waals surface area (Å²) < 4.78 is 16.6. The Bertz CT molecular complexity index is 909. The van der Waals surface area contributed by atoms with E-state index in [4.69, 9.17) is 26.4 Å². The highest BCUT2D eigenvalue weighted by Crippen LogP contribution is 2.28. The zero-order valence-corrected chi connectivity index (χ0v) is 21.3. The third-order valence-corrected chi connectivity index (χ3v) is 5.82. The molecule has 2 aromatic rings. The average molecular weight is 489 g/mol. The molecule has 3 atom stereocenters. The van der Waals surface area contributed by atoms with Gasteiger partial charge in [-0.3, -0.25) is 0 Å². The van der Waals surface area contributed by atoms with Crippen molar-refractivity contribution in [2.45, 2.75) is 65.0 Å². The van der Waals surface area contributed by atoms with Gasteiger partial charge in [-0.25, -0.2) is 9.78 Å². The lowest BCUT2D eigenvalue weighted by atomic mass is 9.93. The van der Waals surface area contributed by atoms with Gasteiger partial charge in [-0.2, -0.15) is 0 Å². The number of methoxy groups -OCH3 is 1. The second-order valence-corrected chi connectivity index (χ2v) is 8.76. The number of nitrogens with one attached hydrogen (secondary N) is 1. The highest BCUT2D eigenvalue weighted by atomic mass is 32.1. The number of benzene rings is 1. The van der Waals surface area contributed by atoms with Gasteiger partial charge in [0.2, 0.25) is 0 Å². The summed E-state index contributed by atoms with van der Waals surface area (Å²) in [5.74, 6) is 0.936. The quantitative estimate of drug-likeness (QED) is 0.282. The van der Waals surface area contributed by atoms with Crippen LogP contribution in [0, 0.1) is 5.92 Å². The maximum absolute atomic E-state index is 12.5. The molecule has 0 aliphatic rings. The first-order valence-corrected chi connectivity index (χ1v) is 12.2. The number of esters is 1. The van der Waals surface area contributed by atoms with Crippen molar-refractivity contribution in [3.8, 4) is 17.2 Å². The molecule has 1 unspecified atom stereocenters. The molecule has 34 heavy (non-hydrogen) atoms. The fraction of sp³-hybridized carbons (Fsp3) is 0.500. The monoisotopic (exact) mass is 488 g/mol. The lowest BCUT2D eigenvalue weighted by molar-refractivity contribution is -0.145. The Morgan fingerprint density at radius 3 is 2.59 bits per heavy atom. The summed E-state index contributed by atoms with van der Waals surface area (Å²) in [6.07, 6.45) is 6.52. The number of unbranched alkanes of at least 4 members (excludes halogenated alkanes) is 1. The highest BCUT2D eigenvalue weighted by Gasteiger charge is 2.21. The van der Waals surface area contributed by atoms with Crippen molar-refractivity contribution in [2.24, 2.45) is 5.92 Å². The molecule has 0 aliphatic heterocycles. The number of carbonyl (C=O) groups is 1. The van der Waals surface area contributed by atoms with Gasteiger partial charge < -0.3 is 24.6 Å². The third-order valence-electron chi connectivity index (χ3n) is 5.51. The number of thiocarbonyl (C=S) groups is 1. The van der Waals surface area contributed by atoms with E-state index in [0.717, 1.165) is 37.9 Å². The van der Waals surface area contributed by atoms with Gasteiger partial charge in [-0.05, 0) is 44.7 Å². The fourth-order valence-electron chi connectivity index (χ4n) is 3.66. The number of para-hydroxylation sites is 1. The smallest absolute Gasteiger partial charge is 0.328 e. The van der Waals surface area contributed by atoms with Gasteiger partial charge >= 0.3 is 5.97 Å². The molecular weight excluding hydrogens is 452 g/mol. The van der Waals surface area contributed by atoms with Crippen LogP contribution in [0.25, 0.3) is 0 Å². The van der Waals surface area contributed by atoms with E-state index in [-0.39, 0.29) is 28.3 Å². The van der Waals surface area contributed by atoms with E-state index in [1.807, 2.05) is 30.3 Å². The molecule has 7 nitrogen and oxygen atoms in total. The Balaban J connectivity index is 1.83. The molecule has 0 fully saturated rings. The van der Waals surface area contributed by atoms with Gasteiger partial charge in [0.1, 0.15) is 22.5 Å². The predicted molar refractivity (Wildman–Crippen MR) is 136 cm³/mol. The Morgan fingerprint density at radius 1 is 1.18 bits per heavy atom. The number of aromatic hydroxyl groups is 1. The number of carbonyl (C=O) groups excluding carboxylic acids is 1. The Morgan fingerprint density at radius 2 is 1.91 bits per heavy atom. The zero-order valence-electron chi connectivity index (χ0n) is 20.5. The standard InChI is InChI=1S/C26H36N2O5S/c1-5-6-10-20(17-18(2)33-21-11-8-7-9-12-21)14-16-32-26(30)19(3)28-25(34)23-24(29)22(31-4)13-15-27-23/h7-9,11-13,15,18-20,29H,5-6,10,14,16-17H2,1-4H3,(H,28,34)/t18-,19+,20?/m1/s1. The highest BCUT2D eigenvalue weighted by molar-refractivity contribution is 7.80. The summed E-state index contributed by atoms with van der Waals surface area (Å²) in [6.45, 7) is 6.24. The minimum absolute atomic E-state index is 0.0703.